The number of nitrogens with one attached hydrogen (secondary N) is 1. The number of phenols is 1. The number of hydrogen-bond acceptors (Lipinski definition) is 4. The van der Waals surface area contributed by atoms with E-state index in [-0.39, 0.29) is 11.4 Å². The fourth-order valence-electron chi connectivity index (χ4n) is 1.39. The first-order chi connectivity index (χ1) is 8.65. The average molecular weight is 244 g/mol. The van der Waals surface area contributed by atoms with Crippen molar-refractivity contribution in [3.63, 3.8) is 0 Å². The van der Waals surface area contributed by atoms with Crippen molar-refractivity contribution >= 4 is 17.5 Å². The van der Waals surface area contributed by atoms with Crippen LogP contribution in [0.15, 0.2) is 48.5 Å². The van der Waals surface area contributed by atoms with E-state index >= 15 is 0 Å². The number of nitrogen functional groups attached to an aromatic ring is 1. The van der Waals surface area contributed by atoms with Crippen LogP contribution < -0.4 is 15.8 Å². The summed E-state index contributed by atoms with van der Waals surface area (Å²) in [5.41, 5.74) is 6.13. The lowest BCUT2D eigenvalue weighted by Crippen LogP contribution is -2.16. The standard InChI is InChI=1S/C13H12N2O3/c14-9-6-7-11(12(16)8-9)15-13(17)18-10-4-2-1-3-5-10/h1-8,16H,14H2,(H,15,17). The topological polar surface area (TPSA) is 84.6 Å². The molecule has 2 aromatic carbocycles. The van der Waals surface area contributed by atoms with Crippen LogP contribution in [-0.4, -0.2) is 11.2 Å². The molecule has 4 N–H and O–H groups in total. The van der Waals surface area contributed by atoms with Gasteiger partial charge in [0.25, 0.3) is 0 Å². The molecule has 92 valence electrons. The second-order valence-corrected chi connectivity index (χ2v) is 3.60. The van der Waals surface area contributed by atoms with Crippen LogP contribution in [0.25, 0.3) is 0 Å². The number of phenolic OH excluding ortho intramolecular Hbond substituents is 1. The van der Waals surface area contributed by atoms with Crippen LogP contribution in [0.2, 0.25) is 0 Å². The molecule has 0 aromatic heterocycles. The monoisotopic (exact) mass is 244 g/mol. The van der Waals surface area contributed by atoms with E-state index in [0.29, 0.717) is 11.4 Å². The molecule has 0 saturated carbocycles. The third-order valence-electron chi connectivity index (χ3n) is 2.21. The van der Waals surface area contributed by atoms with E-state index in [9.17, 15) is 9.90 Å². The van der Waals surface area contributed by atoms with Crippen molar-refractivity contribution < 1.29 is 14.6 Å². The molecule has 0 atom stereocenters. The number of carbonyl (C=O) groups excluding carboxylic acids is 1. The zero-order chi connectivity index (χ0) is 13.0. The molecule has 0 heterocycles. The Hall–Kier alpha value is -2.69. The van der Waals surface area contributed by atoms with Gasteiger partial charge in [-0.2, -0.15) is 0 Å². The minimum atomic E-state index is -0.679. The van der Waals surface area contributed by atoms with Gasteiger partial charge in [-0.1, -0.05) is 18.2 Å². The molecule has 0 radical (unpaired) electrons. The third kappa shape index (κ3) is 2.91. The zero-order valence-corrected chi connectivity index (χ0v) is 9.46. The summed E-state index contributed by atoms with van der Waals surface area (Å²) in [5.74, 6) is 0.310. The fourth-order valence-corrected chi connectivity index (χ4v) is 1.39. The number of carbonyl (C=O) groups is 1. The largest absolute Gasteiger partial charge is 0.506 e. The summed E-state index contributed by atoms with van der Waals surface area (Å²) in [7, 11) is 0. The predicted octanol–water partition coefficient (Wildman–Crippen LogP) is 2.59. The van der Waals surface area contributed by atoms with Crippen molar-refractivity contribution in [3.05, 3.63) is 48.5 Å². The highest BCUT2D eigenvalue weighted by Gasteiger charge is 2.08. The Morgan fingerprint density at radius 2 is 1.89 bits per heavy atom. The number of para-hydroxylation sites is 1. The van der Waals surface area contributed by atoms with Gasteiger partial charge >= 0.3 is 6.09 Å². The molecule has 5 heteroatoms. The summed E-state index contributed by atoms with van der Waals surface area (Å²) < 4.78 is 5.01. The molecule has 18 heavy (non-hydrogen) atoms. The molecular weight excluding hydrogens is 232 g/mol. The van der Waals surface area contributed by atoms with Crippen molar-refractivity contribution in [2.75, 3.05) is 11.1 Å². The van der Waals surface area contributed by atoms with Gasteiger partial charge in [0.1, 0.15) is 11.5 Å². The van der Waals surface area contributed by atoms with Gasteiger partial charge in [-0.3, -0.25) is 5.32 Å². The van der Waals surface area contributed by atoms with Gasteiger partial charge in [0.2, 0.25) is 0 Å². The second kappa shape index (κ2) is 5.09. The number of ether oxygens (including phenoxy) is 1. The SMILES string of the molecule is Nc1ccc(NC(=O)Oc2ccccc2)c(O)c1. The van der Waals surface area contributed by atoms with Crippen LogP contribution in [0.3, 0.4) is 0 Å². The molecule has 0 spiro atoms. The minimum absolute atomic E-state index is 0.111. The minimum Gasteiger partial charge on any atom is -0.506 e. The van der Waals surface area contributed by atoms with Crippen LogP contribution in [-0.2, 0) is 0 Å². The lowest BCUT2D eigenvalue weighted by atomic mass is 10.2. The lowest BCUT2D eigenvalue weighted by molar-refractivity contribution is 0.215. The van der Waals surface area contributed by atoms with Crippen LogP contribution in [0.4, 0.5) is 16.2 Å². The van der Waals surface area contributed by atoms with Crippen molar-refractivity contribution in [1.29, 1.82) is 0 Å². The van der Waals surface area contributed by atoms with Crippen LogP contribution in [0, 0.1) is 0 Å². The molecule has 0 aliphatic rings. The van der Waals surface area contributed by atoms with Gasteiger partial charge in [-0.25, -0.2) is 4.79 Å². The fraction of sp³-hybridized carbons (Fsp3) is 0. The predicted molar refractivity (Wildman–Crippen MR) is 68.6 cm³/mol. The molecule has 0 fully saturated rings. The maximum absolute atomic E-state index is 11.5. The second-order valence-electron chi connectivity index (χ2n) is 3.60. The van der Waals surface area contributed by atoms with Gasteiger partial charge in [-0.05, 0) is 24.3 Å². The Morgan fingerprint density at radius 1 is 1.17 bits per heavy atom. The van der Waals surface area contributed by atoms with E-state index in [1.54, 1.807) is 30.3 Å². The Bertz CT molecular complexity index is 555. The average Bonchev–Trinajstić information content (AvgIpc) is 2.34. The maximum atomic E-state index is 11.5. The third-order valence-corrected chi connectivity index (χ3v) is 2.21. The Balaban J connectivity index is 2.03. The molecule has 2 aromatic rings. The Labute approximate surface area is 104 Å². The quantitative estimate of drug-likeness (QED) is 0.560. The Morgan fingerprint density at radius 3 is 2.56 bits per heavy atom. The highest BCUT2D eigenvalue weighted by atomic mass is 16.6. The number of nitrogens with two attached hydrogens (primary N) is 1. The smallest absolute Gasteiger partial charge is 0.417 e. The first-order valence-corrected chi connectivity index (χ1v) is 5.27. The summed E-state index contributed by atoms with van der Waals surface area (Å²) in [6, 6.07) is 13.0. The normalized spacial score (nSPS) is 9.78. The summed E-state index contributed by atoms with van der Waals surface area (Å²) in [4.78, 5) is 11.5. The molecule has 0 aliphatic carbocycles. The number of anilines is 2. The highest BCUT2D eigenvalue weighted by Crippen LogP contribution is 2.25. The number of amides is 1. The van der Waals surface area contributed by atoms with Crippen molar-refractivity contribution in [3.8, 4) is 11.5 Å². The van der Waals surface area contributed by atoms with E-state index in [1.165, 1.54) is 12.1 Å². The van der Waals surface area contributed by atoms with Crippen molar-refractivity contribution in [1.82, 2.24) is 0 Å². The van der Waals surface area contributed by atoms with E-state index in [1.807, 2.05) is 6.07 Å². The van der Waals surface area contributed by atoms with Crippen LogP contribution in [0.5, 0.6) is 11.5 Å². The molecule has 0 aliphatic heterocycles. The van der Waals surface area contributed by atoms with E-state index in [4.69, 9.17) is 10.5 Å². The van der Waals surface area contributed by atoms with Crippen molar-refractivity contribution in [2.45, 2.75) is 0 Å². The van der Waals surface area contributed by atoms with Crippen molar-refractivity contribution in [2.24, 2.45) is 0 Å². The van der Waals surface area contributed by atoms with Gasteiger partial charge < -0.3 is 15.6 Å². The number of benzene rings is 2. The molecule has 5 nitrogen and oxygen atoms in total. The van der Waals surface area contributed by atoms with Crippen LogP contribution >= 0.6 is 0 Å². The first-order valence-electron chi connectivity index (χ1n) is 5.27. The van der Waals surface area contributed by atoms with E-state index in [0.717, 1.165) is 0 Å². The lowest BCUT2D eigenvalue weighted by Gasteiger charge is -2.08. The molecule has 0 bridgehead atoms. The summed E-state index contributed by atoms with van der Waals surface area (Å²) in [6.45, 7) is 0. The Kier molecular flexibility index (Phi) is 3.33. The molecule has 0 unspecified atom stereocenters. The number of rotatable bonds is 2. The summed E-state index contributed by atoms with van der Waals surface area (Å²) in [6.07, 6.45) is -0.679. The van der Waals surface area contributed by atoms with Gasteiger partial charge in [0.05, 0.1) is 5.69 Å². The highest BCUT2D eigenvalue weighted by molar-refractivity contribution is 5.88. The summed E-state index contributed by atoms with van der Waals surface area (Å²) in [5, 5.41) is 12.0. The number of hydrogen-bond donors (Lipinski definition) is 3. The van der Waals surface area contributed by atoms with Gasteiger partial charge in [-0.15, -0.1) is 0 Å². The molecule has 2 rings (SSSR count). The van der Waals surface area contributed by atoms with Gasteiger partial charge in [0, 0.05) is 11.8 Å². The van der Waals surface area contributed by atoms with Crippen LogP contribution in [0.1, 0.15) is 0 Å². The zero-order valence-electron chi connectivity index (χ0n) is 9.46. The first kappa shape index (κ1) is 11.8. The maximum Gasteiger partial charge on any atom is 0.417 e. The van der Waals surface area contributed by atoms with E-state index < -0.39 is 6.09 Å². The number of aromatic hydroxyl groups is 1. The molecule has 0 saturated heterocycles. The molecular formula is C13H12N2O3. The van der Waals surface area contributed by atoms with E-state index in [2.05, 4.69) is 5.32 Å². The summed E-state index contributed by atoms with van der Waals surface area (Å²) >= 11 is 0. The molecule has 1 amide bonds. The van der Waals surface area contributed by atoms with Gasteiger partial charge in [0.15, 0.2) is 0 Å².